The van der Waals surface area contributed by atoms with Crippen molar-refractivity contribution in [2.75, 3.05) is 13.2 Å². The molecule has 3 atom stereocenters. The van der Waals surface area contributed by atoms with Crippen molar-refractivity contribution in [3.63, 3.8) is 0 Å². The summed E-state index contributed by atoms with van der Waals surface area (Å²) >= 11 is 0. The van der Waals surface area contributed by atoms with Crippen molar-refractivity contribution in [2.24, 2.45) is 0 Å². The van der Waals surface area contributed by atoms with E-state index in [4.69, 9.17) is 14.2 Å². The Bertz CT molecular complexity index is 1670. The van der Waals surface area contributed by atoms with Gasteiger partial charge in [-0.1, -0.05) is 48.5 Å². The zero-order valence-corrected chi connectivity index (χ0v) is 20.5. The highest BCUT2D eigenvalue weighted by molar-refractivity contribution is 5.84. The van der Waals surface area contributed by atoms with Gasteiger partial charge in [0.25, 0.3) is 6.01 Å². The highest BCUT2D eigenvalue weighted by Crippen LogP contribution is 2.35. The molecule has 2 aliphatic heterocycles. The third kappa shape index (κ3) is 4.27. The van der Waals surface area contributed by atoms with Crippen molar-refractivity contribution in [2.45, 2.75) is 24.7 Å². The molecule has 196 valence electrons. The Labute approximate surface area is 221 Å². The Kier molecular flexibility index (Phi) is 5.71. The first kappa shape index (κ1) is 23.7. The van der Waals surface area contributed by atoms with E-state index < -0.39 is 11.6 Å². The van der Waals surface area contributed by atoms with Crippen LogP contribution >= 0.6 is 0 Å². The fourth-order valence-electron chi connectivity index (χ4n) is 5.18. The number of nitrogens with zero attached hydrogens (tertiary/aromatic N) is 3. The molecule has 7 rings (SSSR count). The lowest BCUT2D eigenvalue weighted by molar-refractivity contribution is 0.0273. The van der Waals surface area contributed by atoms with Crippen LogP contribution in [0.25, 0.3) is 44.7 Å². The molecule has 4 heterocycles. The Morgan fingerprint density at radius 3 is 2.36 bits per heavy atom. The lowest BCUT2D eigenvalue weighted by Crippen LogP contribution is -2.32. The van der Waals surface area contributed by atoms with Crippen LogP contribution in [0.3, 0.4) is 0 Å². The number of aromatic nitrogens is 4. The molecular weight excluding hydrogens is 506 g/mol. The fourth-order valence-corrected chi connectivity index (χ4v) is 5.18. The van der Waals surface area contributed by atoms with E-state index in [0.717, 1.165) is 23.1 Å². The van der Waals surface area contributed by atoms with Crippen molar-refractivity contribution in [3.8, 4) is 45.5 Å². The molecule has 0 aliphatic carbocycles. The monoisotopic (exact) mass is 528 g/mol. The first-order chi connectivity index (χ1) is 19.0. The van der Waals surface area contributed by atoms with Crippen molar-refractivity contribution >= 4 is 11.0 Å². The van der Waals surface area contributed by atoms with E-state index in [1.54, 1.807) is 24.3 Å². The average molecular weight is 529 g/mol. The minimum absolute atomic E-state index is 0.00182. The molecule has 0 saturated carbocycles. The molecular formula is C29H22F2N4O4. The van der Waals surface area contributed by atoms with E-state index in [1.165, 1.54) is 18.3 Å². The Balaban J connectivity index is 1.14. The predicted molar refractivity (Wildman–Crippen MR) is 138 cm³/mol. The fraction of sp³-hybridized carbons (Fsp3) is 0.207. The largest absolute Gasteiger partial charge is 0.493 e. The second-order valence-corrected chi connectivity index (χ2v) is 9.53. The van der Waals surface area contributed by atoms with Crippen LogP contribution in [-0.4, -0.2) is 56.6 Å². The van der Waals surface area contributed by atoms with Crippen LogP contribution in [0.2, 0.25) is 0 Å². The zero-order chi connectivity index (χ0) is 26.5. The minimum Gasteiger partial charge on any atom is -0.493 e. The van der Waals surface area contributed by atoms with Crippen molar-refractivity contribution < 1.29 is 28.1 Å². The van der Waals surface area contributed by atoms with E-state index >= 15 is 8.78 Å². The van der Waals surface area contributed by atoms with Crippen molar-refractivity contribution in [3.05, 3.63) is 78.5 Å². The summed E-state index contributed by atoms with van der Waals surface area (Å²) in [5.41, 5.74) is 2.95. The molecule has 0 spiro atoms. The van der Waals surface area contributed by atoms with Gasteiger partial charge in [0.2, 0.25) is 5.88 Å². The summed E-state index contributed by atoms with van der Waals surface area (Å²) in [6.45, 7) is 0.962. The minimum atomic E-state index is -0.767. The summed E-state index contributed by atoms with van der Waals surface area (Å²) in [5, 5.41) is 9.59. The summed E-state index contributed by atoms with van der Waals surface area (Å²) in [7, 11) is 0. The van der Waals surface area contributed by atoms with Crippen LogP contribution in [0.1, 0.15) is 6.42 Å². The van der Waals surface area contributed by atoms with E-state index in [9.17, 15) is 5.11 Å². The number of aromatic hydroxyl groups is 1. The van der Waals surface area contributed by atoms with Gasteiger partial charge in [0, 0.05) is 30.5 Å². The first-order valence-corrected chi connectivity index (χ1v) is 12.5. The molecule has 0 bridgehead atoms. The smallest absolute Gasteiger partial charge is 0.295 e. The number of H-pyrrole nitrogens is 1. The van der Waals surface area contributed by atoms with E-state index in [1.807, 2.05) is 24.3 Å². The molecule has 2 N–H and O–H groups in total. The van der Waals surface area contributed by atoms with Gasteiger partial charge < -0.3 is 24.3 Å². The van der Waals surface area contributed by atoms with E-state index in [-0.39, 0.29) is 46.8 Å². The number of fused-ring (bicyclic) bond motifs is 2. The third-order valence-electron chi connectivity index (χ3n) is 7.12. The molecule has 10 heteroatoms. The quantitative estimate of drug-likeness (QED) is 0.320. The molecule has 3 aromatic carbocycles. The Morgan fingerprint density at radius 1 is 0.897 bits per heavy atom. The summed E-state index contributed by atoms with van der Waals surface area (Å²) in [6, 6.07) is 17.2. The van der Waals surface area contributed by atoms with Gasteiger partial charge in [-0.3, -0.25) is 0 Å². The number of benzene rings is 3. The first-order valence-electron chi connectivity index (χ1n) is 12.5. The molecule has 1 unspecified atom stereocenters. The van der Waals surface area contributed by atoms with E-state index in [0.29, 0.717) is 24.6 Å². The van der Waals surface area contributed by atoms with Crippen LogP contribution in [0.5, 0.6) is 11.9 Å². The topological polar surface area (TPSA) is 102 Å². The summed E-state index contributed by atoms with van der Waals surface area (Å²) < 4.78 is 47.9. The van der Waals surface area contributed by atoms with Gasteiger partial charge in [0.1, 0.15) is 17.4 Å². The van der Waals surface area contributed by atoms with Crippen LogP contribution < -0.4 is 4.74 Å². The number of aromatic amines is 1. The Morgan fingerprint density at radius 2 is 1.62 bits per heavy atom. The highest BCUT2D eigenvalue weighted by atomic mass is 19.1. The van der Waals surface area contributed by atoms with Gasteiger partial charge in [0.05, 0.1) is 23.8 Å². The van der Waals surface area contributed by atoms with Crippen LogP contribution in [-0.2, 0) is 9.47 Å². The maximum Gasteiger partial charge on any atom is 0.295 e. The number of hydrogen-bond acceptors (Lipinski definition) is 7. The van der Waals surface area contributed by atoms with Crippen molar-refractivity contribution in [1.82, 2.24) is 19.9 Å². The normalized spacial score (nSPS) is 20.4. The molecule has 2 fully saturated rings. The van der Waals surface area contributed by atoms with Gasteiger partial charge in [0.15, 0.2) is 17.7 Å². The molecule has 5 aromatic rings. The molecule has 2 aliphatic rings. The molecule has 0 amide bonds. The van der Waals surface area contributed by atoms with Gasteiger partial charge in [-0.2, -0.15) is 9.97 Å². The predicted octanol–water partition coefficient (Wildman–Crippen LogP) is 5.27. The van der Waals surface area contributed by atoms with Crippen LogP contribution in [0.15, 0.2) is 66.9 Å². The molecule has 2 saturated heterocycles. The zero-order valence-electron chi connectivity index (χ0n) is 20.5. The number of halogens is 2. The lowest BCUT2D eigenvalue weighted by atomic mass is 9.98. The van der Waals surface area contributed by atoms with Crippen LogP contribution in [0.4, 0.5) is 8.78 Å². The molecule has 39 heavy (non-hydrogen) atoms. The number of ether oxygens (including phenoxy) is 3. The maximum atomic E-state index is 15.6. The second kappa shape index (κ2) is 9.40. The highest BCUT2D eigenvalue weighted by Gasteiger charge is 2.43. The summed E-state index contributed by atoms with van der Waals surface area (Å²) in [6.07, 6.45) is 1.74. The van der Waals surface area contributed by atoms with E-state index in [2.05, 4.69) is 19.9 Å². The second-order valence-electron chi connectivity index (χ2n) is 9.53. The SMILES string of the molecule is Oc1ccnc(-c2ccc(-c3ccc(-c4c(F)cc5[nH]c(OC6CO[C@@H]7CCO[C@H]67)nc5c4F)cc3)cc2)n1. The average Bonchev–Trinajstić information content (AvgIpc) is 3.67. The molecule has 0 radical (unpaired) electrons. The van der Waals surface area contributed by atoms with Crippen molar-refractivity contribution in [1.29, 1.82) is 0 Å². The number of rotatable bonds is 5. The third-order valence-corrected chi connectivity index (χ3v) is 7.12. The summed E-state index contributed by atoms with van der Waals surface area (Å²) in [5.74, 6) is -1.16. The van der Waals surface area contributed by atoms with Gasteiger partial charge in [-0.05, 0) is 23.1 Å². The number of hydrogen-bond donors (Lipinski definition) is 2. The molecule has 8 nitrogen and oxygen atoms in total. The maximum absolute atomic E-state index is 15.6. The van der Waals surface area contributed by atoms with Gasteiger partial charge in [-0.15, -0.1) is 0 Å². The lowest BCUT2D eigenvalue weighted by Gasteiger charge is -2.15. The standard InChI is InChI=1S/C29H22F2N4O4/c30-19-13-20-26(35-29(33-20)39-22-14-38-21-10-12-37-27(21)22)25(31)24(19)17-5-1-15(2-6-17)16-3-7-18(8-4-16)28-32-11-9-23(36)34-28/h1-9,11,13,21-22,27H,10,12,14H2,(H,33,35)(H,32,34,36)/t21-,22?,27+/m1/s1. The van der Waals surface area contributed by atoms with Crippen LogP contribution in [0, 0.1) is 11.6 Å². The number of nitrogens with one attached hydrogen (secondary N) is 1. The molecule has 2 aromatic heterocycles. The number of imidazole rings is 1. The van der Waals surface area contributed by atoms with Gasteiger partial charge >= 0.3 is 0 Å². The summed E-state index contributed by atoms with van der Waals surface area (Å²) in [4.78, 5) is 15.3. The Hall–Kier alpha value is -4.41. The van der Waals surface area contributed by atoms with Gasteiger partial charge in [-0.25, -0.2) is 13.8 Å².